The number of carbonyl (C=O) groups is 1. The third-order valence-corrected chi connectivity index (χ3v) is 27.1. The summed E-state index contributed by atoms with van der Waals surface area (Å²) in [4.78, 5) is 25.1. The van der Waals surface area contributed by atoms with Crippen molar-refractivity contribution in [2.24, 2.45) is 5.41 Å². The van der Waals surface area contributed by atoms with E-state index in [-0.39, 0.29) is 17.4 Å². The van der Waals surface area contributed by atoms with Crippen molar-refractivity contribution < 1.29 is 19.6 Å². The molecule has 6 aromatic carbocycles. The van der Waals surface area contributed by atoms with Gasteiger partial charge < -0.3 is 15.6 Å². The number of nitrogens with zero attached hydrogens (tertiary/aromatic N) is 1. The molecule has 0 saturated carbocycles. The van der Waals surface area contributed by atoms with Gasteiger partial charge in [-0.2, -0.15) is 0 Å². The van der Waals surface area contributed by atoms with Gasteiger partial charge >= 0.3 is 5.97 Å². The Balaban J connectivity index is 0.000000255. The highest BCUT2D eigenvalue weighted by atomic mass is 79.9. The molecule has 6 aromatic rings. The first-order chi connectivity index (χ1) is 32.6. The van der Waals surface area contributed by atoms with E-state index in [0.717, 1.165) is 38.0 Å². The van der Waals surface area contributed by atoms with E-state index in [0.29, 0.717) is 43.9 Å². The van der Waals surface area contributed by atoms with Crippen LogP contribution in [0.25, 0.3) is 32.3 Å². The molecule has 0 aromatic heterocycles. The zero-order valence-electron chi connectivity index (χ0n) is 43.9. The van der Waals surface area contributed by atoms with Gasteiger partial charge in [-0.1, -0.05) is 167 Å². The first-order valence-electron chi connectivity index (χ1n) is 24.0. The monoisotopic (exact) mass is 1080 g/mol. The molecule has 0 bridgehead atoms. The van der Waals surface area contributed by atoms with Gasteiger partial charge in [-0.05, 0) is 107 Å². The minimum absolute atomic E-state index is 0.0124. The number of anilines is 1. The number of esters is 1. The molecule has 0 saturated heterocycles. The number of aromatic hydroxyl groups is 1. The number of halogens is 3. The van der Waals surface area contributed by atoms with Gasteiger partial charge in [0.25, 0.3) is 5.69 Å². The van der Waals surface area contributed by atoms with Gasteiger partial charge in [0, 0.05) is 60.2 Å². The Bertz CT molecular complexity index is 2880. The number of phenolic OH excluding ortho intramolecular Hbond substituents is 1. The van der Waals surface area contributed by atoms with Crippen LogP contribution in [0.4, 0.5) is 11.4 Å². The van der Waals surface area contributed by atoms with Crippen LogP contribution in [0, 0.1) is 44.3 Å². The normalized spacial score (nSPS) is 11.6. The van der Waals surface area contributed by atoms with Crippen molar-refractivity contribution in [1.82, 2.24) is 0 Å². The van der Waals surface area contributed by atoms with Crippen molar-refractivity contribution in [1.29, 1.82) is 0 Å². The lowest BCUT2D eigenvalue weighted by atomic mass is 9.97. The number of phenols is 1. The van der Waals surface area contributed by atoms with Gasteiger partial charge in [0.1, 0.15) is 27.6 Å². The van der Waals surface area contributed by atoms with Crippen LogP contribution in [0.5, 0.6) is 11.5 Å². The zero-order valence-corrected chi connectivity index (χ0v) is 49.0. The number of benzene rings is 6. The van der Waals surface area contributed by atoms with Crippen molar-refractivity contribution in [2.45, 2.75) is 144 Å². The quantitative estimate of drug-likeness (QED) is 0.0298. The number of nitrogens with two attached hydrogens (primary N) is 1. The lowest BCUT2D eigenvalue weighted by molar-refractivity contribution is -0.383. The summed E-state index contributed by atoms with van der Waals surface area (Å²) in [5.74, 6) is 3.80. The van der Waals surface area contributed by atoms with Crippen molar-refractivity contribution >= 4 is 105 Å². The van der Waals surface area contributed by atoms with Crippen molar-refractivity contribution in [2.75, 3.05) is 5.73 Å². The number of nitrogen functional groups attached to an aromatic ring is 1. The maximum absolute atomic E-state index is 12.0. The van der Waals surface area contributed by atoms with E-state index in [1.807, 2.05) is 36.4 Å². The fraction of sp³-hybridized carbons (Fsp3) is 0.397. The number of ether oxygens (including phenoxy) is 1. The van der Waals surface area contributed by atoms with Crippen LogP contribution in [0.2, 0.25) is 43.3 Å². The fourth-order valence-corrected chi connectivity index (χ4v) is 21.7. The maximum Gasteiger partial charge on any atom is 0.316 e. The van der Waals surface area contributed by atoms with Crippen molar-refractivity contribution in [3.05, 3.63) is 128 Å². The van der Waals surface area contributed by atoms with E-state index in [1.165, 1.54) is 28.5 Å². The number of rotatable bonds is 8. The maximum atomic E-state index is 12.0. The number of aryl methyl sites for hydroxylation is 1. The van der Waals surface area contributed by atoms with E-state index >= 15 is 0 Å². The Morgan fingerprint density at radius 3 is 1.66 bits per heavy atom. The minimum atomic E-state index is -1.71. The number of fused-ring (bicyclic) bond motifs is 3. The summed E-state index contributed by atoms with van der Waals surface area (Å²) in [5, 5.41) is 26.2. The lowest BCUT2D eigenvalue weighted by Crippen LogP contribution is -2.43. The molecule has 0 unspecified atom stereocenters. The second-order valence-electron chi connectivity index (χ2n) is 20.8. The Kier molecular flexibility index (Phi) is 21.7. The molecule has 0 fully saturated rings. The van der Waals surface area contributed by atoms with Gasteiger partial charge in [0.15, 0.2) is 0 Å². The Hall–Kier alpha value is -4.82. The van der Waals surface area contributed by atoms with E-state index in [1.54, 1.807) is 51.1 Å². The topological polar surface area (TPSA) is 116 Å². The highest BCUT2D eigenvalue weighted by molar-refractivity contribution is 9.12. The number of nitro benzene ring substituents is 1. The summed E-state index contributed by atoms with van der Waals surface area (Å²) in [7, 11) is -3.15. The molecule has 7 nitrogen and oxygen atoms in total. The number of hydrogen-bond acceptors (Lipinski definition) is 6. The van der Waals surface area contributed by atoms with Gasteiger partial charge in [-0.15, -0.1) is 11.1 Å². The molecule has 12 heteroatoms. The van der Waals surface area contributed by atoms with Crippen molar-refractivity contribution in [3.63, 3.8) is 0 Å². The van der Waals surface area contributed by atoms with Gasteiger partial charge in [0.05, 0.1) is 26.4 Å². The number of nitro groups is 1. The molecule has 374 valence electrons. The molecular formula is C58H73BrCl2N2O5Si2. The van der Waals surface area contributed by atoms with Crippen molar-refractivity contribution in [3.8, 4) is 33.3 Å². The van der Waals surface area contributed by atoms with Crippen LogP contribution in [0.1, 0.15) is 115 Å². The summed E-state index contributed by atoms with van der Waals surface area (Å²) >= 11 is 15.6. The molecular weight excluding hydrogens is 1010 g/mol. The van der Waals surface area contributed by atoms with Crippen LogP contribution in [0.15, 0.2) is 97.1 Å². The first-order valence-corrected chi connectivity index (χ1v) is 30.0. The Morgan fingerprint density at radius 1 is 0.700 bits per heavy atom. The van der Waals surface area contributed by atoms with E-state index in [4.69, 9.17) is 33.7 Å². The average Bonchev–Trinajstić information content (AvgIpc) is 3.27. The van der Waals surface area contributed by atoms with E-state index in [9.17, 15) is 20.0 Å². The van der Waals surface area contributed by atoms with Crippen LogP contribution in [-0.4, -0.2) is 32.1 Å². The van der Waals surface area contributed by atoms with E-state index in [2.05, 4.69) is 146 Å². The molecule has 0 aliphatic heterocycles. The SMILES string of the molecule is CC(C)(C)C(=O)Oc1cc(Cl)c(N)c2ccccc12.CC(C)[Si](C#CBr)(C(C)C)C(C)C.Cc1cc(Cl)cc2cccc(C#C[Si](C(C)C)(C(C)C)C(C)C)c12.O=[N+]([O-])c1ccc(O)c2ccccc12. The smallest absolute Gasteiger partial charge is 0.316 e. The highest BCUT2D eigenvalue weighted by Crippen LogP contribution is 2.42. The molecule has 0 radical (unpaired) electrons. The second kappa shape index (κ2) is 25.5. The summed E-state index contributed by atoms with van der Waals surface area (Å²) < 4.78 is 5.45. The minimum Gasteiger partial charge on any atom is -0.507 e. The molecule has 0 spiro atoms. The van der Waals surface area contributed by atoms with Crippen LogP contribution in [0.3, 0.4) is 0 Å². The number of carbonyl (C=O) groups excluding carboxylic acids is 1. The molecule has 0 heterocycles. The molecule has 0 amide bonds. The predicted molar refractivity (Wildman–Crippen MR) is 310 cm³/mol. The fourth-order valence-electron chi connectivity index (χ4n) is 9.92. The third kappa shape index (κ3) is 14.0. The summed E-state index contributed by atoms with van der Waals surface area (Å²) in [6, 6.07) is 28.8. The van der Waals surface area contributed by atoms with Crippen LogP contribution >= 0.6 is 39.1 Å². The standard InChI is InChI=1S/C22H29ClSi.C15H16ClNO2.C11H21BrSi.C10H7NO3/c1-15(2)24(16(3)4,17(5)6)12-11-19-9-8-10-20-14-21(23)13-18(7)22(19)20;1-15(2,3)14(18)19-12-8-11(16)13(17)10-7-5-4-6-9(10)12;1-9(2)13(8-7-12,10(3)4)11(5)6;12-10-6-5-9(11(13)14)7-3-1-2-4-8(7)10/h8-10,13-17H,1-7H3;4-8H,17H2,1-3H3;9-11H,1-6H3;1-6,12H. The summed E-state index contributed by atoms with van der Waals surface area (Å²) in [6.07, 6.45) is 0. The van der Waals surface area contributed by atoms with E-state index < -0.39 is 26.5 Å². The van der Waals surface area contributed by atoms with Gasteiger partial charge in [0.2, 0.25) is 0 Å². The Morgan fingerprint density at radius 2 is 1.19 bits per heavy atom. The highest BCUT2D eigenvalue weighted by Gasteiger charge is 2.42. The number of non-ortho nitro benzene ring substituents is 1. The Labute approximate surface area is 438 Å². The summed E-state index contributed by atoms with van der Waals surface area (Å²) in [5.41, 5.74) is 19.7. The molecule has 6 rings (SSSR count). The molecule has 70 heavy (non-hydrogen) atoms. The molecule has 0 atom stereocenters. The van der Waals surface area contributed by atoms with Gasteiger partial charge in [-0.3, -0.25) is 14.9 Å². The lowest BCUT2D eigenvalue weighted by Gasteiger charge is -2.38. The average molecular weight is 1090 g/mol. The largest absolute Gasteiger partial charge is 0.507 e. The van der Waals surface area contributed by atoms with Crippen LogP contribution < -0.4 is 10.5 Å². The molecule has 0 aliphatic rings. The summed E-state index contributed by atoms with van der Waals surface area (Å²) in [6.45, 7) is 35.6. The predicted octanol–water partition coefficient (Wildman–Crippen LogP) is 18.4. The number of hydrogen-bond donors (Lipinski definition) is 2. The van der Waals surface area contributed by atoms with Gasteiger partial charge in [-0.25, -0.2) is 0 Å². The zero-order chi connectivity index (χ0) is 53.1. The third-order valence-electron chi connectivity index (χ3n) is 13.4. The first kappa shape index (κ1) is 59.5. The molecule has 3 N–H and O–H groups in total. The molecule has 0 aliphatic carbocycles. The van der Waals surface area contributed by atoms with Crippen LogP contribution in [-0.2, 0) is 4.79 Å². The second-order valence-corrected chi connectivity index (χ2v) is 33.2.